The zero-order chi connectivity index (χ0) is 14.2. The predicted octanol–water partition coefficient (Wildman–Crippen LogP) is 1.49. The summed E-state index contributed by atoms with van der Waals surface area (Å²) in [5, 5.41) is 9.97. The Kier molecular flexibility index (Phi) is 8.02. The van der Waals surface area contributed by atoms with Crippen molar-refractivity contribution in [1.82, 2.24) is 9.03 Å². The van der Waals surface area contributed by atoms with E-state index in [1.165, 1.54) is 4.31 Å². The first-order valence-corrected chi connectivity index (χ1v) is 8.20. The van der Waals surface area contributed by atoms with Gasteiger partial charge in [-0.1, -0.05) is 27.2 Å². The minimum absolute atomic E-state index is 0.0626. The molecule has 1 unspecified atom stereocenters. The lowest BCUT2D eigenvalue weighted by Crippen LogP contribution is -2.47. The Morgan fingerprint density at radius 3 is 2.00 bits per heavy atom. The van der Waals surface area contributed by atoms with E-state index < -0.39 is 15.8 Å². The van der Waals surface area contributed by atoms with E-state index in [1.54, 1.807) is 6.92 Å². The minimum Gasteiger partial charge on any atom is -0.389 e. The molecule has 0 heterocycles. The predicted molar refractivity (Wildman–Crippen MR) is 74.6 cm³/mol. The number of hydrogen-bond acceptors (Lipinski definition) is 3. The van der Waals surface area contributed by atoms with Gasteiger partial charge >= 0.3 is 0 Å². The molecule has 1 atom stereocenters. The summed E-state index contributed by atoms with van der Waals surface area (Å²) in [6.07, 6.45) is 2.97. The van der Waals surface area contributed by atoms with Gasteiger partial charge in [0.1, 0.15) is 0 Å². The van der Waals surface area contributed by atoms with Crippen molar-refractivity contribution in [3.05, 3.63) is 0 Å². The van der Waals surface area contributed by atoms with Crippen LogP contribution in [0, 0.1) is 0 Å². The molecular weight excluding hydrogens is 252 g/mol. The Labute approximate surface area is 112 Å². The second kappa shape index (κ2) is 8.09. The van der Waals surface area contributed by atoms with E-state index in [-0.39, 0.29) is 6.54 Å². The van der Waals surface area contributed by atoms with Crippen molar-refractivity contribution in [3.8, 4) is 0 Å². The molecule has 0 aliphatic carbocycles. The fourth-order valence-electron chi connectivity index (χ4n) is 1.82. The van der Waals surface area contributed by atoms with Gasteiger partial charge in [0, 0.05) is 19.6 Å². The average molecular weight is 280 g/mol. The molecule has 6 heteroatoms. The van der Waals surface area contributed by atoms with Crippen LogP contribution in [0.2, 0.25) is 0 Å². The van der Waals surface area contributed by atoms with Gasteiger partial charge in [0.2, 0.25) is 0 Å². The molecule has 18 heavy (non-hydrogen) atoms. The van der Waals surface area contributed by atoms with Gasteiger partial charge in [0.25, 0.3) is 10.2 Å². The number of nitrogens with zero attached hydrogens (tertiary/aromatic N) is 1. The Hall–Kier alpha value is -0.170. The molecule has 5 nitrogen and oxygen atoms in total. The number of nitrogens with one attached hydrogen (secondary N) is 1. The van der Waals surface area contributed by atoms with Gasteiger partial charge in [0.05, 0.1) is 5.60 Å². The summed E-state index contributed by atoms with van der Waals surface area (Å²) in [4.78, 5) is 0. The molecular formula is C12H28N2O3S. The highest BCUT2D eigenvalue weighted by Crippen LogP contribution is 2.11. The van der Waals surface area contributed by atoms with E-state index in [2.05, 4.69) is 4.72 Å². The van der Waals surface area contributed by atoms with E-state index in [0.29, 0.717) is 19.5 Å². The number of hydrogen-bond donors (Lipinski definition) is 2. The zero-order valence-electron chi connectivity index (χ0n) is 12.1. The lowest BCUT2D eigenvalue weighted by Gasteiger charge is -2.26. The molecule has 0 aliphatic rings. The van der Waals surface area contributed by atoms with E-state index in [0.717, 1.165) is 19.3 Å². The summed E-state index contributed by atoms with van der Waals surface area (Å²) in [6, 6.07) is 0. The summed E-state index contributed by atoms with van der Waals surface area (Å²) in [5.41, 5.74) is -0.980. The van der Waals surface area contributed by atoms with Crippen molar-refractivity contribution in [2.45, 2.75) is 59.0 Å². The highest BCUT2D eigenvalue weighted by molar-refractivity contribution is 7.87. The molecule has 0 saturated carbocycles. The maximum absolute atomic E-state index is 12.1. The van der Waals surface area contributed by atoms with Crippen LogP contribution in [0.15, 0.2) is 0 Å². The van der Waals surface area contributed by atoms with Crippen molar-refractivity contribution >= 4 is 10.2 Å². The highest BCUT2D eigenvalue weighted by Gasteiger charge is 2.25. The van der Waals surface area contributed by atoms with Crippen LogP contribution >= 0.6 is 0 Å². The van der Waals surface area contributed by atoms with Gasteiger partial charge < -0.3 is 5.11 Å². The maximum Gasteiger partial charge on any atom is 0.279 e. The lowest BCUT2D eigenvalue weighted by atomic mass is 10.0. The first kappa shape index (κ1) is 17.8. The third kappa shape index (κ3) is 6.68. The molecule has 0 aromatic heterocycles. The fraction of sp³-hybridized carbons (Fsp3) is 1.00. The van der Waals surface area contributed by atoms with Crippen LogP contribution in [-0.2, 0) is 10.2 Å². The van der Waals surface area contributed by atoms with Gasteiger partial charge in [-0.3, -0.25) is 0 Å². The Bertz CT molecular complexity index is 309. The largest absolute Gasteiger partial charge is 0.389 e. The summed E-state index contributed by atoms with van der Waals surface area (Å²) in [7, 11) is -3.47. The van der Waals surface area contributed by atoms with Crippen molar-refractivity contribution in [3.63, 3.8) is 0 Å². The fourth-order valence-corrected chi connectivity index (χ4v) is 3.34. The Morgan fingerprint density at radius 1 is 1.11 bits per heavy atom. The van der Waals surface area contributed by atoms with Crippen LogP contribution in [0.4, 0.5) is 0 Å². The smallest absolute Gasteiger partial charge is 0.279 e. The molecule has 0 fully saturated rings. The van der Waals surface area contributed by atoms with Crippen LogP contribution < -0.4 is 4.72 Å². The topological polar surface area (TPSA) is 69.6 Å². The van der Waals surface area contributed by atoms with Crippen LogP contribution in [0.1, 0.15) is 53.4 Å². The molecule has 0 saturated heterocycles. The second-order valence-corrected chi connectivity index (χ2v) is 6.73. The van der Waals surface area contributed by atoms with Crippen molar-refractivity contribution < 1.29 is 13.5 Å². The molecule has 0 aliphatic heterocycles. The van der Waals surface area contributed by atoms with Gasteiger partial charge in [0.15, 0.2) is 0 Å². The Balaban J connectivity index is 4.52. The highest BCUT2D eigenvalue weighted by atomic mass is 32.2. The summed E-state index contributed by atoms with van der Waals surface area (Å²) in [5.74, 6) is 0. The van der Waals surface area contributed by atoms with Gasteiger partial charge in [-0.25, -0.2) is 0 Å². The van der Waals surface area contributed by atoms with Crippen molar-refractivity contribution in [2.75, 3.05) is 19.6 Å². The van der Waals surface area contributed by atoms with Gasteiger partial charge in [-0.15, -0.1) is 0 Å². The molecule has 2 N–H and O–H groups in total. The molecule has 0 radical (unpaired) electrons. The summed E-state index contributed by atoms with van der Waals surface area (Å²) >= 11 is 0. The first-order valence-electron chi connectivity index (χ1n) is 6.76. The van der Waals surface area contributed by atoms with E-state index in [1.807, 2.05) is 20.8 Å². The molecule has 0 aromatic rings. The van der Waals surface area contributed by atoms with Crippen molar-refractivity contribution in [2.24, 2.45) is 0 Å². The molecule has 0 aromatic carbocycles. The van der Waals surface area contributed by atoms with E-state index >= 15 is 0 Å². The van der Waals surface area contributed by atoms with Crippen LogP contribution in [0.5, 0.6) is 0 Å². The quantitative estimate of drug-likeness (QED) is 0.637. The van der Waals surface area contributed by atoms with Crippen molar-refractivity contribution in [1.29, 1.82) is 0 Å². The molecule has 110 valence electrons. The molecule has 0 amide bonds. The number of rotatable bonds is 10. The zero-order valence-corrected chi connectivity index (χ0v) is 12.9. The Morgan fingerprint density at radius 2 is 1.61 bits per heavy atom. The molecule has 0 rings (SSSR count). The minimum atomic E-state index is -3.47. The normalized spacial score (nSPS) is 15.9. The SMILES string of the molecule is CCCN(CCC)S(=O)(=O)NCC(C)(O)CCC. The second-order valence-electron chi connectivity index (χ2n) is 4.97. The van der Waals surface area contributed by atoms with Crippen LogP contribution in [-0.4, -0.2) is 43.1 Å². The first-order chi connectivity index (χ1) is 8.29. The summed E-state index contributed by atoms with van der Waals surface area (Å²) < 4.78 is 28.1. The third-order valence-corrected chi connectivity index (χ3v) is 4.26. The lowest BCUT2D eigenvalue weighted by molar-refractivity contribution is 0.0550. The van der Waals surface area contributed by atoms with Gasteiger partial charge in [-0.2, -0.15) is 17.4 Å². The average Bonchev–Trinajstić information content (AvgIpc) is 2.26. The van der Waals surface area contributed by atoms with Crippen LogP contribution in [0.3, 0.4) is 0 Å². The molecule has 0 spiro atoms. The monoisotopic (exact) mass is 280 g/mol. The van der Waals surface area contributed by atoms with Crippen LogP contribution in [0.25, 0.3) is 0 Å². The van der Waals surface area contributed by atoms with E-state index in [9.17, 15) is 13.5 Å². The van der Waals surface area contributed by atoms with Gasteiger partial charge in [-0.05, 0) is 26.2 Å². The standard InChI is InChI=1S/C12H28N2O3S/c1-5-8-12(4,15)11-13-18(16,17)14(9-6-2)10-7-3/h13,15H,5-11H2,1-4H3. The summed E-state index contributed by atoms with van der Waals surface area (Å²) in [6.45, 7) is 8.61. The molecule has 0 bridgehead atoms. The maximum atomic E-state index is 12.1. The number of aliphatic hydroxyl groups is 1. The third-order valence-electron chi connectivity index (χ3n) is 2.71. The van der Waals surface area contributed by atoms with E-state index in [4.69, 9.17) is 0 Å².